The van der Waals surface area contributed by atoms with Gasteiger partial charge in [0, 0.05) is 11.9 Å². The minimum Gasteiger partial charge on any atom is -0.261 e. The van der Waals surface area contributed by atoms with E-state index in [2.05, 4.69) is 4.98 Å². The fraction of sp³-hybridized carbons (Fsp3) is 0.500. The highest BCUT2D eigenvalue weighted by atomic mass is 19.4. The molecule has 0 aliphatic carbocycles. The largest absolute Gasteiger partial charge is 0.393 e. The van der Waals surface area contributed by atoms with Gasteiger partial charge in [0.05, 0.1) is 6.42 Å². The van der Waals surface area contributed by atoms with Crippen molar-refractivity contribution in [3.63, 3.8) is 0 Å². The minimum absolute atomic E-state index is 0.210. The van der Waals surface area contributed by atoms with Gasteiger partial charge in [-0.3, -0.25) is 4.98 Å². The van der Waals surface area contributed by atoms with Crippen LogP contribution in [-0.4, -0.2) is 11.2 Å². The van der Waals surface area contributed by atoms with Crippen LogP contribution in [-0.2, 0) is 6.42 Å². The highest BCUT2D eigenvalue weighted by Crippen LogP contribution is 2.21. The second-order valence-electron chi connectivity index (χ2n) is 3.54. The Kier molecular flexibility index (Phi) is 3.13. The van der Waals surface area contributed by atoms with Gasteiger partial charge in [-0.05, 0) is 17.5 Å². The van der Waals surface area contributed by atoms with Gasteiger partial charge in [0.2, 0.25) is 0 Å². The Morgan fingerprint density at radius 3 is 2.29 bits per heavy atom. The topological polar surface area (TPSA) is 12.9 Å². The molecule has 1 heterocycles. The first kappa shape index (κ1) is 11.0. The van der Waals surface area contributed by atoms with Gasteiger partial charge in [0.25, 0.3) is 0 Å². The molecule has 0 saturated heterocycles. The van der Waals surface area contributed by atoms with Crippen molar-refractivity contribution in [1.82, 2.24) is 4.98 Å². The van der Waals surface area contributed by atoms with Gasteiger partial charge in [0.15, 0.2) is 0 Å². The number of alkyl halides is 3. The maximum atomic E-state index is 12.0. The van der Waals surface area contributed by atoms with E-state index >= 15 is 0 Å². The zero-order valence-corrected chi connectivity index (χ0v) is 8.10. The number of nitrogens with zero attached hydrogens (tertiary/aromatic N) is 1. The summed E-state index contributed by atoms with van der Waals surface area (Å²) in [7, 11) is 0. The van der Waals surface area contributed by atoms with Crippen LogP contribution in [0, 0.1) is 0 Å². The van der Waals surface area contributed by atoms with Gasteiger partial charge in [-0.15, -0.1) is 0 Å². The molecule has 0 amide bonds. The molecule has 0 aliphatic heterocycles. The van der Waals surface area contributed by atoms with Crippen molar-refractivity contribution in [1.29, 1.82) is 0 Å². The van der Waals surface area contributed by atoms with E-state index in [0.29, 0.717) is 0 Å². The third-order valence-electron chi connectivity index (χ3n) is 1.84. The second-order valence-corrected chi connectivity index (χ2v) is 3.54. The summed E-state index contributed by atoms with van der Waals surface area (Å²) in [6.07, 6.45) is -3.76. The van der Waals surface area contributed by atoms with E-state index in [9.17, 15) is 13.2 Å². The molecule has 14 heavy (non-hydrogen) atoms. The first-order valence-corrected chi connectivity index (χ1v) is 4.40. The first-order valence-electron chi connectivity index (χ1n) is 4.40. The average Bonchev–Trinajstić information content (AvgIpc) is 2.02. The number of hydrogen-bond donors (Lipinski definition) is 0. The van der Waals surface area contributed by atoms with Crippen molar-refractivity contribution in [2.24, 2.45) is 0 Å². The van der Waals surface area contributed by atoms with Crippen LogP contribution in [0.2, 0.25) is 0 Å². The smallest absolute Gasteiger partial charge is 0.261 e. The fourth-order valence-corrected chi connectivity index (χ4v) is 1.11. The third-order valence-corrected chi connectivity index (χ3v) is 1.84. The summed E-state index contributed by atoms with van der Waals surface area (Å²) in [4.78, 5) is 3.96. The second kappa shape index (κ2) is 3.98. The molecule has 0 aliphatic rings. The standard InChI is InChI=1S/C10H12F3N/c1-7(2)9-4-3-8(6-14-9)5-10(11,12)13/h3-4,6-7H,5H2,1-2H3. The quantitative estimate of drug-likeness (QED) is 0.718. The molecule has 78 valence electrons. The maximum absolute atomic E-state index is 12.0. The van der Waals surface area contributed by atoms with Crippen LogP contribution in [0.4, 0.5) is 13.2 Å². The molecule has 1 aromatic heterocycles. The highest BCUT2D eigenvalue weighted by molar-refractivity contribution is 5.16. The highest BCUT2D eigenvalue weighted by Gasteiger charge is 2.27. The van der Waals surface area contributed by atoms with Crippen LogP contribution in [0.5, 0.6) is 0 Å². The molecule has 0 radical (unpaired) electrons. The van der Waals surface area contributed by atoms with Gasteiger partial charge >= 0.3 is 6.18 Å². The molecule has 4 heteroatoms. The Labute approximate surface area is 81.0 Å². The summed E-state index contributed by atoms with van der Waals surface area (Å²) in [6, 6.07) is 3.13. The van der Waals surface area contributed by atoms with Crippen LogP contribution in [0.15, 0.2) is 18.3 Å². The normalized spacial score (nSPS) is 12.1. The molecule has 0 fully saturated rings. The first-order chi connectivity index (χ1) is 6.38. The lowest BCUT2D eigenvalue weighted by molar-refractivity contribution is -0.127. The lowest BCUT2D eigenvalue weighted by Gasteiger charge is -2.07. The predicted octanol–water partition coefficient (Wildman–Crippen LogP) is 3.31. The van der Waals surface area contributed by atoms with Crippen LogP contribution in [0.1, 0.15) is 31.0 Å². The molecule has 0 spiro atoms. The summed E-state index contributed by atoms with van der Waals surface area (Å²) in [5, 5.41) is 0. The molecule has 1 rings (SSSR count). The number of pyridine rings is 1. The summed E-state index contributed by atoms with van der Waals surface area (Å²) < 4.78 is 35.9. The predicted molar refractivity (Wildman–Crippen MR) is 48.1 cm³/mol. The van der Waals surface area contributed by atoms with Gasteiger partial charge in [-0.2, -0.15) is 13.2 Å². The Balaban J connectivity index is 2.74. The minimum atomic E-state index is -4.15. The number of hydrogen-bond acceptors (Lipinski definition) is 1. The fourth-order valence-electron chi connectivity index (χ4n) is 1.11. The van der Waals surface area contributed by atoms with Crippen molar-refractivity contribution in [3.05, 3.63) is 29.6 Å². The van der Waals surface area contributed by atoms with Crippen molar-refractivity contribution in [2.75, 3.05) is 0 Å². The number of aromatic nitrogens is 1. The summed E-state index contributed by atoms with van der Waals surface area (Å²) in [6.45, 7) is 3.90. The van der Waals surface area contributed by atoms with E-state index in [-0.39, 0.29) is 11.5 Å². The van der Waals surface area contributed by atoms with Crippen molar-refractivity contribution in [2.45, 2.75) is 32.4 Å². The van der Waals surface area contributed by atoms with Crippen LogP contribution >= 0.6 is 0 Å². The van der Waals surface area contributed by atoms with E-state index in [1.165, 1.54) is 12.3 Å². The van der Waals surface area contributed by atoms with E-state index in [1.807, 2.05) is 13.8 Å². The van der Waals surface area contributed by atoms with Crippen molar-refractivity contribution in [3.8, 4) is 0 Å². The van der Waals surface area contributed by atoms with Crippen LogP contribution in [0.25, 0.3) is 0 Å². The van der Waals surface area contributed by atoms with Crippen LogP contribution < -0.4 is 0 Å². The molecule has 1 nitrogen and oxygen atoms in total. The summed E-state index contributed by atoms with van der Waals surface area (Å²) in [5.74, 6) is 0.245. The number of rotatable bonds is 2. The van der Waals surface area contributed by atoms with Crippen molar-refractivity contribution < 1.29 is 13.2 Å². The zero-order valence-electron chi connectivity index (χ0n) is 8.10. The Morgan fingerprint density at radius 1 is 1.29 bits per heavy atom. The summed E-state index contributed by atoms with van der Waals surface area (Å²) in [5.41, 5.74) is 1.03. The van der Waals surface area contributed by atoms with E-state index in [1.54, 1.807) is 6.07 Å². The monoisotopic (exact) mass is 203 g/mol. The molecule has 1 aromatic rings. The third kappa shape index (κ3) is 3.36. The van der Waals surface area contributed by atoms with Crippen LogP contribution in [0.3, 0.4) is 0 Å². The van der Waals surface area contributed by atoms with Gasteiger partial charge < -0.3 is 0 Å². The Hall–Kier alpha value is -1.06. The zero-order chi connectivity index (χ0) is 10.8. The Bertz CT molecular complexity index is 287. The Morgan fingerprint density at radius 2 is 1.93 bits per heavy atom. The molecule has 0 atom stereocenters. The van der Waals surface area contributed by atoms with E-state index in [4.69, 9.17) is 0 Å². The van der Waals surface area contributed by atoms with E-state index in [0.717, 1.165) is 5.69 Å². The lowest BCUT2D eigenvalue weighted by Crippen LogP contribution is -2.11. The molecule has 0 bridgehead atoms. The van der Waals surface area contributed by atoms with E-state index < -0.39 is 12.6 Å². The average molecular weight is 203 g/mol. The molecule has 0 N–H and O–H groups in total. The molecule has 0 unspecified atom stereocenters. The lowest BCUT2D eigenvalue weighted by atomic mass is 10.1. The molecular formula is C10H12F3N. The van der Waals surface area contributed by atoms with Gasteiger partial charge in [0.1, 0.15) is 0 Å². The SMILES string of the molecule is CC(C)c1ccc(CC(F)(F)F)cn1. The number of halogens is 3. The van der Waals surface area contributed by atoms with Crippen molar-refractivity contribution >= 4 is 0 Å². The summed E-state index contributed by atoms with van der Waals surface area (Å²) >= 11 is 0. The maximum Gasteiger partial charge on any atom is 0.393 e. The molecule has 0 aromatic carbocycles. The molecule has 0 saturated carbocycles. The molecular weight excluding hydrogens is 191 g/mol. The van der Waals surface area contributed by atoms with Gasteiger partial charge in [-0.1, -0.05) is 19.9 Å². The van der Waals surface area contributed by atoms with Gasteiger partial charge in [-0.25, -0.2) is 0 Å².